The molecule has 2 saturated carbocycles. The molecule has 72 valence electrons. The van der Waals surface area contributed by atoms with E-state index in [0.717, 1.165) is 44.7 Å². The highest BCUT2D eigenvalue weighted by Crippen LogP contribution is 2.63. The Morgan fingerprint density at radius 1 is 1.31 bits per heavy atom. The number of carbonyl (C=O) groups is 2. The molecule has 2 fully saturated rings. The lowest BCUT2D eigenvalue weighted by molar-refractivity contribution is -0.133. The maximum Gasteiger partial charge on any atom is 0.127 e. The standard InChI is InChI=1S/C11H16O2/c1-2-10(7-12)5-9-3-4-11(10,6-9)8-13/h7-9H,2-6H2,1H3. The second kappa shape index (κ2) is 2.66. The first kappa shape index (κ1) is 8.92. The number of aldehydes is 2. The Labute approximate surface area is 78.7 Å². The van der Waals surface area contributed by atoms with Gasteiger partial charge in [-0.1, -0.05) is 6.92 Å². The molecule has 2 bridgehead atoms. The molecule has 0 N–H and O–H groups in total. The molecule has 0 radical (unpaired) electrons. The molecule has 0 aromatic rings. The third kappa shape index (κ3) is 0.890. The number of hydrogen-bond acceptors (Lipinski definition) is 2. The third-order valence-electron chi connectivity index (χ3n) is 4.38. The van der Waals surface area contributed by atoms with Crippen LogP contribution in [0.25, 0.3) is 0 Å². The Hall–Kier alpha value is -0.660. The molecule has 3 unspecified atom stereocenters. The minimum absolute atomic E-state index is 0.284. The van der Waals surface area contributed by atoms with E-state index < -0.39 is 0 Å². The Kier molecular flexibility index (Phi) is 1.83. The number of rotatable bonds is 3. The van der Waals surface area contributed by atoms with Crippen LogP contribution in [-0.2, 0) is 9.59 Å². The van der Waals surface area contributed by atoms with Gasteiger partial charge in [0, 0.05) is 10.8 Å². The van der Waals surface area contributed by atoms with Gasteiger partial charge in [0.15, 0.2) is 0 Å². The van der Waals surface area contributed by atoms with E-state index in [-0.39, 0.29) is 10.8 Å². The van der Waals surface area contributed by atoms with Crippen LogP contribution in [0.4, 0.5) is 0 Å². The van der Waals surface area contributed by atoms with Gasteiger partial charge in [0.25, 0.3) is 0 Å². The van der Waals surface area contributed by atoms with Crippen LogP contribution in [0.5, 0.6) is 0 Å². The van der Waals surface area contributed by atoms with Crippen molar-refractivity contribution in [3.63, 3.8) is 0 Å². The topological polar surface area (TPSA) is 34.1 Å². The van der Waals surface area contributed by atoms with Gasteiger partial charge in [-0.3, -0.25) is 0 Å². The van der Waals surface area contributed by atoms with E-state index in [1.165, 1.54) is 0 Å². The van der Waals surface area contributed by atoms with Crippen molar-refractivity contribution in [2.75, 3.05) is 0 Å². The number of hydrogen-bond donors (Lipinski definition) is 0. The van der Waals surface area contributed by atoms with E-state index in [1.807, 2.05) is 6.92 Å². The molecule has 2 rings (SSSR count). The minimum Gasteiger partial charge on any atom is -0.303 e. The molecule has 0 heterocycles. The summed E-state index contributed by atoms with van der Waals surface area (Å²) in [5, 5.41) is 0. The van der Waals surface area contributed by atoms with Crippen molar-refractivity contribution in [1.29, 1.82) is 0 Å². The first-order valence-corrected chi connectivity index (χ1v) is 5.14. The molecular formula is C11H16O2. The predicted octanol–water partition coefficient (Wildman–Crippen LogP) is 1.97. The predicted molar refractivity (Wildman–Crippen MR) is 49.2 cm³/mol. The van der Waals surface area contributed by atoms with E-state index >= 15 is 0 Å². The van der Waals surface area contributed by atoms with Crippen LogP contribution < -0.4 is 0 Å². The van der Waals surface area contributed by atoms with Crippen LogP contribution in [0.1, 0.15) is 39.0 Å². The summed E-state index contributed by atoms with van der Waals surface area (Å²) in [5.74, 6) is 0.635. The monoisotopic (exact) mass is 180 g/mol. The maximum atomic E-state index is 11.2. The molecule has 0 aromatic heterocycles. The fourth-order valence-corrected chi connectivity index (χ4v) is 3.50. The Balaban J connectivity index is 2.40. The first-order valence-electron chi connectivity index (χ1n) is 5.14. The SMILES string of the molecule is CCC1(C=O)CC2CCC1(C=O)C2. The van der Waals surface area contributed by atoms with Crippen LogP contribution in [0.2, 0.25) is 0 Å². The lowest BCUT2D eigenvalue weighted by Crippen LogP contribution is -2.40. The van der Waals surface area contributed by atoms with E-state index in [2.05, 4.69) is 0 Å². The third-order valence-corrected chi connectivity index (χ3v) is 4.38. The molecule has 2 nitrogen and oxygen atoms in total. The molecule has 13 heavy (non-hydrogen) atoms. The van der Waals surface area contributed by atoms with Crippen molar-refractivity contribution in [3.05, 3.63) is 0 Å². The van der Waals surface area contributed by atoms with Gasteiger partial charge in [-0.2, -0.15) is 0 Å². The van der Waals surface area contributed by atoms with Gasteiger partial charge < -0.3 is 9.59 Å². The summed E-state index contributed by atoms with van der Waals surface area (Å²) in [7, 11) is 0. The second-order valence-corrected chi connectivity index (χ2v) is 4.71. The average Bonchev–Trinajstić information content (AvgIpc) is 2.73. The van der Waals surface area contributed by atoms with E-state index in [4.69, 9.17) is 0 Å². The van der Waals surface area contributed by atoms with Crippen molar-refractivity contribution in [2.24, 2.45) is 16.7 Å². The molecule has 2 heteroatoms. The summed E-state index contributed by atoms with van der Waals surface area (Å²) in [4.78, 5) is 22.3. The first-order chi connectivity index (χ1) is 6.22. The van der Waals surface area contributed by atoms with Crippen LogP contribution in [0, 0.1) is 16.7 Å². The lowest BCUT2D eigenvalue weighted by atomic mass is 9.63. The highest BCUT2D eigenvalue weighted by Gasteiger charge is 2.60. The lowest BCUT2D eigenvalue weighted by Gasteiger charge is -2.38. The Morgan fingerprint density at radius 3 is 2.46 bits per heavy atom. The van der Waals surface area contributed by atoms with Crippen molar-refractivity contribution in [2.45, 2.75) is 39.0 Å². The fraction of sp³-hybridized carbons (Fsp3) is 0.818. The van der Waals surface area contributed by atoms with Crippen molar-refractivity contribution >= 4 is 12.6 Å². The van der Waals surface area contributed by atoms with Gasteiger partial charge in [-0.15, -0.1) is 0 Å². The molecular weight excluding hydrogens is 164 g/mol. The van der Waals surface area contributed by atoms with E-state index in [0.29, 0.717) is 5.92 Å². The van der Waals surface area contributed by atoms with Gasteiger partial charge >= 0.3 is 0 Å². The van der Waals surface area contributed by atoms with Gasteiger partial charge in [-0.05, 0) is 38.0 Å². The normalized spacial score (nSPS) is 47.9. The van der Waals surface area contributed by atoms with Crippen molar-refractivity contribution in [1.82, 2.24) is 0 Å². The quantitative estimate of drug-likeness (QED) is 0.622. The Morgan fingerprint density at radius 2 is 2.08 bits per heavy atom. The van der Waals surface area contributed by atoms with Crippen LogP contribution >= 0.6 is 0 Å². The zero-order valence-corrected chi connectivity index (χ0v) is 8.08. The van der Waals surface area contributed by atoms with Crippen LogP contribution in [0.15, 0.2) is 0 Å². The molecule has 0 saturated heterocycles. The highest BCUT2D eigenvalue weighted by atomic mass is 16.1. The molecule has 0 aromatic carbocycles. The molecule has 0 aliphatic heterocycles. The minimum atomic E-state index is -0.308. The molecule has 2 aliphatic carbocycles. The summed E-state index contributed by atoms with van der Waals surface area (Å²) < 4.78 is 0. The molecule has 0 spiro atoms. The van der Waals surface area contributed by atoms with Gasteiger partial charge in [0.1, 0.15) is 12.6 Å². The summed E-state index contributed by atoms with van der Waals surface area (Å²) in [5.41, 5.74) is -0.591. The number of carbonyl (C=O) groups excluding carboxylic acids is 2. The maximum absolute atomic E-state index is 11.2. The molecule has 0 amide bonds. The molecule has 3 atom stereocenters. The zero-order valence-electron chi connectivity index (χ0n) is 8.08. The average molecular weight is 180 g/mol. The highest BCUT2D eigenvalue weighted by molar-refractivity contribution is 5.75. The zero-order chi connectivity index (χ0) is 9.53. The van der Waals surface area contributed by atoms with Crippen LogP contribution in [-0.4, -0.2) is 12.6 Å². The van der Waals surface area contributed by atoms with Gasteiger partial charge in [-0.25, -0.2) is 0 Å². The molecule has 2 aliphatic rings. The van der Waals surface area contributed by atoms with Gasteiger partial charge in [0.05, 0.1) is 0 Å². The second-order valence-electron chi connectivity index (χ2n) is 4.71. The van der Waals surface area contributed by atoms with Crippen molar-refractivity contribution in [3.8, 4) is 0 Å². The summed E-state index contributed by atoms with van der Waals surface area (Å²) in [6.07, 6.45) is 6.95. The Bertz CT molecular complexity index is 240. The number of fused-ring (bicyclic) bond motifs is 2. The summed E-state index contributed by atoms with van der Waals surface area (Å²) in [6, 6.07) is 0. The fourth-order valence-electron chi connectivity index (χ4n) is 3.50. The van der Waals surface area contributed by atoms with Gasteiger partial charge in [0.2, 0.25) is 0 Å². The van der Waals surface area contributed by atoms with E-state index in [1.54, 1.807) is 0 Å². The largest absolute Gasteiger partial charge is 0.303 e. The summed E-state index contributed by atoms with van der Waals surface area (Å²) in [6.45, 7) is 2.03. The van der Waals surface area contributed by atoms with E-state index in [9.17, 15) is 9.59 Å². The summed E-state index contributed by atoms with van der Waals surface area (Å²) >= 11 is 0. The van der Waals surface area contributed by atoms with Crippen molar-refractivity contribution < 1.29 is 9.59 Å². The smallest absolute Gasteiger partial charge is 0.127 e. The van der Waals surface area contributed by atoms with Crippen LogP contribution in [0.3, 0.4) is 0 Å².